The van der Waals surface area contributed by atoms with E-state index in [0.29, 0.717) is 32.7 Å². The third kappa shape index (κ3) is 5.86. The summed E-state index contributed by atoms with van der Waals surface area (Å²) in [5.41, 5.74) is 0.767. The van der Waals surface area contributed by atoms with Crippen LogP contribution < -0.4 is 10.6 Å². The highest BCUT2D eigenvalue weighted by molar-refractivity contribution is 5.89. The van der Waals surface area contributed by atoms with Gasteiger partial charge >= 0.3 is 6.03 Å². The maximum absolute atomic E-state index is 13.0. The first-order valence-corrected chi connectivity index (χ1v) is 12.4. The second-order valence-electron chi connectivity index (χ2n) is 9.41. The van der Waals surface area contributed by atoms with Crippen molar-refractivity contribution < 1.29 is 14.4 Å². The normalized spacial score (nSPS) is 25.0. The summed E-state index contributed by atoms with van der Waals surface area (Å²) in [5, 5.41) is 15.4. The van der Waals surface area contributed by atoms with Gasteiger partial charge in [-0.3, -0.25) is 9.59 Å². The summed E-state index contributed by atoms with van der Waals surface area (Å²) in [5.74, 6) is 0.197. The summed E-state index contributed by atoms with van der Waals surface area (Å²) in [6.07, 6.45) is 5.01. The molecule has 4 rings (SSSR count). The van der Waals surface area contributed by atoms with Gasteiger partial charge in [-0.2, -0.15) is 5.26 Å². The number of benzene rings is 1. The van der Waals surface area contributed by atoms with Crippen LogP contribution in [0.15, 0.2) is 30.3 Å². The Balaban J connectivity index is 1.15. The minimum absolute atomic E-state index is 0.00331. The standard InChI is InChI=1S/C25H34N6O3/c26-17-22-7-4-12-31(22)23(32)18-27-20-10-8-19(9-11-20)24(33)29-13-15-30(16-14-29)25(34)28-21-5-2-1-3-6-21/h1-3,5-6,19-20,22,27H,4,7-16,18H2,(H,28,34)/t19?,20?,22-/m0/s1. The van der Waals surface area contributed by atoms with Crippen LogP contribution in [0, 0.1) is 17.2 Å². The van der Waals surface area contributed by atoms with Gasteiger partial charge in [-0.05, 0) is 50.7 Å². The van der Waals surface area contributed by atoms with Gasteiger partial charge in [-0.15, -0.1) is 0 Å². The molecular weight excluding hydrogens is 432 g/mol. The largest absolute Gasteiger partial charge is 0.339 e. The first-order chi connectivity index (χ1) is 16.5. The lowest BCUT2D eigenvalue weighted by Crippen LogP contribution is -2.53. The lowest BCUT2D eigenvalue weighted by molar-refractivity contribution is -0.138. The first-order valence-electron chi connectivity index (χ1n) is 12.4. The van der Waals surface area contributed by atoms with Crippen LogP contribution in [0.1, 0.15) is 38.5 Å². The van der Waals surface area contributed by atoms with Gasteiger partial charge in [-0.1, -0.05) is 18.2 Å². The predicted octanol–water partition coefficient (Wildman–Crippen LogP) is 2.03. The highest BCUT2D eigenvalue weighted by Crippen LogP contribution is 2.27. The molecule has 34 heavy (non-hydrogen) atoms. The van der Waals surface area contributed by atoms with Gasteiger partial charge in [0, 0.05) is 50.4 Å². The van der Waals surface area contributed by atoms with Crippen LogP contribution >= 0.6 is 0 Å². The zero-order valence-electron chi connectivity index (χ0n) is 19.6. The van der Waals surface area contributed by atoms with Crippen LogP contribution in [0.25, 0.3) is 0 Å². The first kappa shape index (κ1) is 24.0. The number of nitrogens with zero attached hydrogens (tertiary/aromatic N) is 4. The van der Waals surface area contributed by atoms with Crippen molar-refractivity contribution in [2.75, 3.05) is 44.6 Å². The Bertz CT molecular complexity index is 901. The van der Waals surface area contributed by atoms with Gasteiger partial charge in [0.1, 0.15) is 6.04 Å². The Hall–Kier alpha value is -3.12. The van der Waals surface area contributed by atoms with E-state index in [2.05, 4.69) is 16.7 Å². The third-order valence-corrected chi connectivity index (χ3v) is 7.24. The number of rotatable bonds is 5. The number of carbonyl (C=O) groups excluding carboxylic acids is 3. The zero-order valence-corrected chi connectivity index (χ0v) is 19.6. The number of hydrogen-bond donors (Lipinski definition) is 2. The molecule has 182 valence electrons. The molecule has 2 aliphatic heterocycles. The van der Waals surface area contributed by atoms with Gasteiger partial charge in [-0.25, -0.2) is 4.79 Å². The van der Waals surface area contributed by atoms with E-state index in [-0.39, 0.29) is 42.4 Å². The molecule has 9 heteroatoms. The number of carbonyl (C=O) groups is 3. The molecule has 1 aliphatic carbocycles. The Morgan fingerprint density at radius 2 is 1.59 bits per heavy atom. The molecule has 1 aromatic rings. The molecule has 2 heterocycles. The number of piperazine rings is 1. The molecule has 0 bridgehead atoms. The van der Waals surface area contributed by atoms with Crippen molar-refractivity contribution >= 4 is 23.5 Å². The number of para-hydroxylation sites is 1. The summed E-state index contributed by atoms with van der Waals surface area (Å²) < 4.78 is 0. The minimum atomic E-state index is -0.285. The quantitative estimate of drug-likeness (QED) is 0.690. The molecule has 0 aromatic heterocycles. The number of likely N-dealkylation sites (tertiary alicyclic amines) is 1. The number of hydrogen-bond acceptors (Lipinski definition) is 5. The van der Waals surface area contributed by atoms with Crippen molar-refractivity contribution in [3.63, 3.8) is 0 Å². The van der Waals surface area contributed by atoms with E-state index in [1.54, 1.807) is 9.80 Å². The van der Waals surface area contributed by atoms with Crippen LogP contribution in [-0.4, -0.2) is 83.9 Å². The van der Waals surface area contributed by atoms with Crippen LogP contribution in [0.4, 0.5) is 10.5 Å². The van der Waals surface area contributed by atoms with Crippen molar-refractivity contribution in [1.82, 2.24) is 20.0 Å². The fourth-order valence-corrected chi connectivity index (χ4v) is 5.19. The molecule has 2 saturated heterocycles. The van der Waals surface area contributed by atoms with Gasteiger partial charge in [0.05, 0.1) is 12.6 Å². The molecule has 1 atom stereocenters. The lowest BCUT2D eigenvalue weighted by Gasteiger charge is -2.38. The van der Waals surface area contributed by atoms with E-state index in [1.807, 2.05) is 35.2 Å². The fourth-order valence-electron chi connectivity index (χ4n) is 5.19. The summed E-state index contributed by atoms with van der Waals surface area (Å²) in [6.45, 7) is 3.11. The zero-order chi connectivity index (χ0) is 23.9. The number of anilines is 1. The molecule has 3 fully saturated rings. The van der Waals surface area contributed by atoms with Gasteiger partial charge in [0.15, 0.2) is 0 Å². The van der Waals surface area contributed by atoms with Crippen molar-refractivity contribution in [2.24, 2.45) is 5.92 Å². The van der Waals surface area contributed by atoms with Crippen molar-refractivity contribution in [3.05, 3.63) is 30.3 Å². The van der Waals surface area contributed by atoms with Crippen LogP contribution in [-0.2, 0) is 9.59 Å². The molecule has 2 N–H and O–H groups in total. The Morgan fingerprint density at radius 3 is 2.26 bits per heavy atom. The van der Waals surface area contributed by atoms with E-state index >= 15 is 0 Å². The van der Waals surface area contributed by atoms with Gasteiger partial charge in [0.2, 0.25) is 11.8 Å². The van der Waals surface area contributed by atoms with Crippen LogP contribution in [0.2, 0.25) is 0 Å². The van der Waals surface area contributed by atoms with Crippen molar-refractivity contribution in [3.8, 4) is 6.07 Å². The summed E-state index contributed by atoms with van der Waals surface area (Å²) in [7, 11) is 0. The molecule has 9 nitrogen and oxygen atoms in total. The van der Waals surface area contributed by atoms with E-state index in [4.69, 9.17) is 5.26 Å². The molecule has 0 unspecified atom stereocenters. The Kier molecular flexibility index (Phi) is 8.01. The highest BCUT2D eigenvalue weighted by atomic mass is 16.2. The monoisotopic (exact) mass is 466 g/mol. The van der Waals surface area contributed by atoms with Gasteiger partial charge in [0.25, 0.3) is 0 Å². The predicted molar refractivity (Wildman–Crippen MR) is 128 cm³/mol. The number of urea groups is 1. The number of nitriles is 1. The smallest absolute Gasteiger partial charge is 0.321 e. The number of nitrogens with one attached hydrogen (secondary N) is 2. The van der Waals surface area contributed by atoms with E-state index in [0.717, 1.165) is 44.2 Å². The minimum Gasteiger partial charge on any atom is -0.339 e. The summed E-state index contributed by atoms with van der Waals surface area (Å²) >= 11 is 0. The van der Waals surface area contributed by atoms with E-state index in [9.17, 15) is 14.4 Å². The Labute approximate surface area is 201 Å². The highest BCUT2D eigenvalue weighted by Gasteiger charge is 2.33. The SMILES string of the molecule is N#C[C@@H]1CCCN1C(=O)CNC1CCC(C(=O)N2CCN(C(=O)Nc3ccccc3)CC2)CC1. The second kappa shape index (κ2) is 11.3. The maximum atomic E-state index is 13.0. The van der Waals surface area contributed by atoms with Crippen molar-refractivity contribution in [2.45, 2.75) is 50.6 Å². The summed E-state index contributed by atoms with van der Waals surface area (Å²) in [6, 6.07) is 11.4. The third-order valence-electron chi connectivity index (χ3n) is 7.24. The van der Waals surface area contributed by atoms with Crippen molar-refractivity contribution in [1.29, 1.82) is 5.26 Å². The molecule has 0 radical (unpaired) electrons. The molecule has 3 aliphatic rings. The molecule has 1 aromatic carbocycles. The van der Waals surface area contributed by atoms with E-state index in [1.165, 1.54) is 0 Å². The molecule has 0 spiro atoms. The molecule has 1 saturated carbocycles. The van der Waals surface area contributed by atoms with E-state index < -0.39 is 0 Å². The molecule has 4 amide bonds. The molecular formula is C25H34N6O3. The van der Waals surface area contributed by atoms with Crippen LogP contribution in [0.5, 0.6) is 0 Å². The average Bonchev–Trinajstić information content (AvgIpc) is 3.37. The topological polar surface area (TPSA) is 109 Å². The van der Waals surface area contributed by atoms with Crippen LogP contribution in [0.3, 0.4) is 0 Å². The average molecular weight is 467 g/mol. The maximum Gasteiger partial charge on any atom is 0.321 e. The summed E-state index contributed by atoms with van der Waals surface area (Å²) in [4.78, 5) is 43.3. The lowest BCUT2D eigenvalue weighted by atomic mass is 9.85. The Morgan fingerprint density at radius 1 is 0.912 bits per heavy atom. The second-order valence-corrected chi connectivity index (χ2v) is 9.41. The fraction of sp³-hybridized carbons (Fsp3) is 0.600. The van der Waals surface area contributed by atoms with Gasteiger partial charge < -0.3 is 25.3 Å². The number of amides is 4.